The third-order valence-electron chi connectivity index (χ3n) is 2.77. The molecule has 0 bridgehead atoms. The van der Waals surface area contributed by atoms with Gasteiger partial charge in [0.1, 0.15) is 18.0 Å². The van der Waals surface area contributed by atoms with Crippen LogP contribution >= 0.6 is 0 Å². The standard InChI is InChI=1S/C12H23N5/c1-4-17(5-2)12-6-11(15-9-16-12)14-8-10(3)7-13/h6,9-10H,4-5,7-8,13H2,1-3H3,(H,14,15,16). The number of hydrogen-bond acceptors (Lipinski definition) is 5. The fourth-order valence-corrected chi connectivity index (χ4v) is 1.53. The lowest BCUT2D eigenvalue weighted by Gasteiger charge is -2.20. The molecule has 5 nitrogen and oxygen atoms in total. The van der Waals surface area contributed by atoms with E-state index < -0.39 is 0 Å². The minimum absolute atomic E-state index is 0.446. The second-order valence-electron chi connectivity index (χ2n) is 4.16. The van der Waals surface area contributed by atoms with Crippen LogP contribution in [-0.4, -0.2) is 36.1 Å². The van der Waals surface area contributed by atoms with Gasteiger partial charge >= 0.3 is 0 Å². The molecule has 1 heterocycles. The zero-order valence-corrected chi connectivity index (χ0v) is 11.0. The van der Waals surface area contributed by atoms with Crippen LogP contribution in [0.2, 0.25) is 0 Å². The highest BCUT2D eigenvalue weighted by molar-refractivity contribution is 5.48. The maximum absolute atomic E-state index is 5.58. The van der Waals surface area contributed by atoms with Crippen LogP contribution in [0.5, 0.6) is 0 Å². The summed E-state index contributed by atoms with van der Waals surface area (Å²) in [6, 6.07) is 1.98. The average molecular weight is 237 g/mol. The number of nitrogens with zero attached hydrogens (tertiary/aromatic N) is 3. The van der Waals surface area contributed by atoms with E-state index in [1.54, 1.807) is 6.33 Å². The molecule has 5 heteroatoms. The second kappa shape index (κ2) is 7.06. The van der Waals surface area contributed by atoms with Crippen LogP contribution in [0.3, 0.4) is 0 Å². The molecule has 0 aliphatic carbocycles. The van der Waals surface area contributed by atoms with Crippen molar-refractivity contribution in [3.63, 3.8) is 0 Å². The monoisotopic (exact) mass is 237 g/mol. The highest BCUT2D eigenvalue weighted by atomic mass is 15.2. The summed E-state index contributed by atoms with van der Waals surface area (Å²) in [7, 11) is 0. The first-order valence-corrected chi connectivity index (χ1v) is 6.22. The Morgan fingerprint density at radius 1 is 1.35 bits per heavy atom. The first-order chi connectivity index (χ1) is 8.21. The largest absolute Gasteiger partial charge is 0.370 e. The summed E-state index contributed by atoms with van der Waals surface area (Å²) < 4.78 is 0. The highest BCUT2D eigenvalue weighted by Crippen LogP contribution is 2.13. The summed E-state index contributed by atoms with van der Waals surface area (Å²) in [5, 5.41) is 3.28. The molecule has 96 valence electrons. The van der Waals surface area contributed by atoms with E-state index in [0.29, 0.717) is 12.5 Å². The molecule has 0 fully saturated rings. The molecule has 0 aliphatic rings. The van der Waals surface area contributed by atoms with Crippen molar-refractivity contribution in [1.82, 2.24) is 9.97 Å². The molecule has 0 spiro atoms. The smallest absolute Gasteiger partial charge is 0.134 e. The lowest BCUT2D eigenvalue weighted by molar-refractivity contribution is 0.627. The molecule has 0 aliphatic heterocycles. The Morgan fingerprint density at radius 2 is 2.06 bits per heavy atom. The number of aromatic nitrogens is 2. The number of nitrogens with two attached hydrogens (primary N) is 1. The van der Waals surface area contributed by atoms with Gasteiger partial charge in [-0.2, -0.15) is 0 Å². The molecular weight excluding hydrogens is 214 g/mol. The lowest BCUT2D eigenvalue weighted by Crippen LogP contribution is -2.24. The van der Waals surface area contributed by atoms with E-state index >= 15 is 0 Å². The van der Waals surface area contributed by atoms with E-state index in [9.17, 15) is 0 Å². The molecule has 1 unspecified atom stereocenters. The quantitative estimate of drug-likeness (QED) is 0.749. The molecule has 0 amide bonds. The summed E-state index contributed by atoms with van der Waals surface area (Å²) in [5.74, 6) is 2.27. The van der Waals surface area contributed by atoms with Crippen molar-refractivity contribution in [1.29, 1.82) is 0 Å². The van der Waals surface area contributed by atoms with Crippen molar-refractivity contribution in [2.45, 2.75) is 20.8 Å². The van der Waals surface area contributed by atoms with Crippen LogP contribution < -0.4 is 16.0 Å². The third-order valence-corrected chi connectivity index (χ3v) is 2.77. The fraction of sp³-hybridized carbons (Fsp3) is 0.667. The van der Waals surface area contributed by atoms with Crippen molar-refractivity contribution in [3.8, 4) is 0 Å². The molecule has 0 radical (unpaired) electrons. The van der Waals surface area contributed by atoms with E-state index in [2.05, 4.69) is 41.0 Å². The van der Waals surface area contributed by atoms with Crippen molar-refractivity contribution < 1.29 is 0 Å². The summed E-state index contributed by atoms with van der Waals surface area (Å²) in [6.45, 7) is 9.77. The summed E-state index contributed by atoms with van der Waals surface area (Å²) in [6.07, 6.45) is 1.60. The molecular formula is C12H23N5. The Balaban J connectivity index is 2.65. The van der Waals surface area contributed by atoms with Crippen molar-refractivity contribution in [2.24, 2.45) is 11.7 Å². The van der Waals surface area contributed by atoms with Gasteiger partial charge in [-0.05, 0) is 26.3 Å². The normalized spacial score (nSPS) is 12.2. The number of anilines is 2. The van der Waals surface area contributed by atoms with Gasteiger partial charge in [0.05, 0.1) is 0 Å². The number of rotatable bonds is 7. The van der Waals surface area contributed by atoms with E-state index in [4.69, 9.17) is 5.73 Å². The average Bonchev–Trinajstić information content (AvgIpc) is 2.38. The molecule has 17 heavy (non-hydrogen) atoms. The zero-order chi connectivity index (χ0) is 12.7. The maximum atomic E-state index is 5.58. The van der Waals surface area contributed by atoms with Gasteiger partial charge in [-0.1, -0.05) is 6.92 Å². The molecule has 0 saturated carbocycles. The van der Waals surface area contributed by atoms with Gasteiger partial charge < -0.3 is 16.0 Å². The number of hydrogen-bond donors (Lipinski definition) is 2. The fourth-order valence-electron chi connectivity index (χ4n) is 1.53. The lowest BCUT2D eigenvalue weighted by atomic mass is 10.2. The SMILES string of the molecule is CCN(CC)c1cc(NCC(C)CN)ncn1. The van der Waals surface area contributed by atoms with E-state index in [-0.39, 0.29) is 0 Å². The second-order valence-corrected chi connectivity index (χ2v) is 4.16. The Labute approximate surface area is 103 Å². The first kappa shape index (κ1) is 13.7. The van der Waals surface area contributed by atoms with E-state index in [0.717, 1.165) is 31.3 Å². The molecule has 0 aromatic carbocycles. The molecule has 1 aromatic heterocycles. The van der Waals surface area contributed by atoms with Gasteiger partial charge in [-0.25, -0.2) is 9.97 Å². The first-order valence-electron chi connectivity index (χ1n) is 6.22. The Hall–Kier alpha value is -1.36. The minimum Gasteiger partial charge on any atom is -0.370 e. The van der Waals surface area contributed by atoms with Crippen molar-refractivity contribution in [3.05, 3.63) is 12.4 Å². The van der Waals surface area contributed by atoms with Gasteiger partial charge in [0.25, 0.3) is 0 Å². The molecule has 1 rings (SSSR count). The third kappa shape index (κ3) is 4.19. The van der Waals surface area contributed by atoms with Gasteiger partial charge in [-0.15, -0.1) is 0 Å². The topological polar surface area (TPSA) is 67.1 Å². The molecule has 1 atom stereocenters. The van der Waals surface area contributed by atoms with Crippen LogP contribution in [0.15, 0.2) is 12.4 Å². The number of nitrogens with one attached hydrogen (secondary N) is 1. The van der Waals surface area contributed by atoms with Crippen LogP contribution in [-0.2, 0) is 0 Å². The Morgan fingerprint density at radius 3 is 2.65 bits per heavy atom. The van der Waals surface area contributed by atoms with E-state index in [1.807, 2.05) is 6.07 Å². The van der Waals surface area contributed by atoms with Gasteiger partial charge in [0.15, 0.2) is 0 Å². The van der Waals surface area contributed by atoms with Crippen LogP contribution in [0, 0.1) is 5.92 Å². The summed E-state index contributed by atoms with van der Waals surface area (Å²) in [5.41, 5.74) is 5.58. The van der Waals surface area contributed by atoms with Crippen LogP contribution in [0.25, 0.3) is 0 Å². The zero-order valence-electron chi connectivity index (χ0n) is 11.0. The Kier molecular flexibility index (Phi) is 5.69. The van der Waals surface area contributed by atoms with Gasteiger partial charge in [-0.3, -0.25) is 0 Å². The molecule has 0 saturated heterocycles. The van der Waals surface area contributed by atoms with Crippen molar-refractivity contribution in [2.75, 3.05) is 36.4 Å². The highest BCUT2D eigenvalue weighted by Gasteiger charge is 2.05. The molecule has 1 aromatic rings. The minimum atomic E-state index is 0.446. The van der Waals surface area contributed by atoms with E-state index in [1.165, 1.54) is 0 Å². The molecule has 3 N–H and O–H groups in total. The van der Waals surface area contributed by atoms with Crippen LogP contribution in [0.4, 0.5) is 11.6 Å². The van der Waals surface area contributed by atoms with Gasteiger partial charge in [0.2, 0.25) is 0 Å². The summed E-state index contributed by atoms with van der Waals surface area (Å²) >= 11 is 0. The predicted molar refractivity (Wildman–Crippen MR) is 72.3 cm³/mol. The summed E-state index contributed by atoms with van der Waals surface area (Å²) in [4.78, 5) is 10.7. The maximum Gasteiger partial charge on any atom is 0.134 e. The van der Waals surface area contributed by atoms with Gasteiger partial charge in [0, 0.05) is 25.7 Å². The van der Waals surface area contributed by atoms with Crippen molar-refractivity contribution >= 4 is 11.6 Å². The Bertz CT molecular complexity index is 324. The predicted octanol–water partition coefficient (Wildman–Crippen LogP) is 1.33. The van der Waals surface area contributed by atoms with Crippen LogP contribution in [0.1, 0.15) is 20.8 Å².